The second-order valence-electron chi connectivity index (χ2n) is 7.58. The number of halogens is 1. The van der Waals surface area contributed by atoms with Gasteiger partial charge in [-0.3, -0.25) is 14.4 Å². The molecule has 2 aromatic carbocycles. The predicted octanol–water partition coefficient (Wildman–Crippen LogP) is 2.66. The zero-order valence-electron chi connectivity index (χ0n) is 18.7. The molecule has 176 valence electrons. The Hall–Kier alpha value is -3.46. The molecular weight excluding hydrogens is 431 g/mol. The lowest BCUT2D eigenvalue weighted by Gasteiger charge is -2.29. The summed E-state index contributed by atoms with van der Waals surface area (Å²) in [6.45, 7) is 2.53. The number of carbonyl (C=O) groups excluding carboxylic acids is 3. The molecular formula is C24H27FN2O6. The number of methoxy groups -OCH3 is 1. The third kappa shape index (κ3) is 6.52. The van der Waals surface area contributed by atoms with Gasteiger partial charge in [0.2, 0.25) is 5.91 Å². The molecule has 2 aromatic rings. The molecule has 33 heavy (non-hydrogen) atoms. The van der Waals surface area contributed by atoms with Crippen molar-refractivity contribution in [3.63, 3.8) is 0 Å². The number of nitrogens with zero attached hydrogens (tertiary/aromatic N) is 1. The molecule has 2 amide bonds. The summed E-state index contributed by atoms with van der Waals surface area (Å²) < 4.78 is 29.2. The van der Waals surface area contributed by atoms with Gasteiger partial charge in [-0.2, -0.15) is 0 Å². The Morgan fingerprint density at radius 3 is 2.79 bits per heavy atom. The first-order valence-corrected chi connectivity index (χ1v) is 10.6. The molecule has 1 heterocycles. The van der Waals surface area contributed by atoms with Crippen LogP contribution in [0.15, 0.2) is 36.4 Å². The van der Waals surface area contributed by atoms with Crippen LogP contribution in [0.5, 0.6) is 11.5 Å². The number of benzene rings is 2. The van der Waals surface area contributed by atoms with Gasteiger partial charge >= 0.3 is 0 Å². The fourth-order valence-corrected chi connectivity index (χ4v) is 3.40. The molecule has 0 aromatic heterocycles. The topological polar surface area (TPSA) is 94.2 Å². The fourth-order valence-electron chi connectivity index (χ4n) is 3.40. The largest absolute Gasteiger partial charge is 0.485 e. The Bertz CT molecular complexity index is 1030. The molecule has 0 fully saturated rings. The summed E-state index contributed by atoms with van der Waals surface area (Å²) in [7, 11) is 1.56. The molecule has 1 aliphatic heterocycles. The molecule has 1 aliphatic rings. The second kappa shape index (κ2) is 11.4. The van der Waals surface area contributed by atoms with E-state index in [2.05, 4.69) is 5.32 Å². The van der Waals surface area contributed by atoms with Gasteiger partial charge in [-0.25, -0.2) is 4.39 Å². The number of hydrogen-bond donors (Lipinski definition) is 1. The van der Waals surface area contributed by atoms with Gasteiger partial charge in [0.05, 0.1) is 12.3 Å². The van der Waals surface area contributed by atoms with Gasteiger partial charge in [0.1, 0.15) is 17.3 Å². The summed E-state index contributed by atoms with van der Waals surface area (Å²) in [6, 6.07) is 8.92. The highest BCUT2D eigenvalue weighted by molar-refractivity contribution is 6.02. The number of nitrogens with one attached hydrogen (secondary N) is 1. The monoisotopic (exact) mass is 458 g/mol. The molecule has 0 spiro atoms. The quantitative estimate of drug-likeness (QED) is 0.411. The van der Waals surface area contributed by atoms with E-state index in [1.165, 1.54) is 23.1 Å². The number of carbonyl (C=O) groups is 3. The van der Waals surface area contributed by atoms with E-state index in [0.29, 0.717) is 54.4 Å². The molecule has 0 aliphatic carbocycles. The van der Waals surface area contributed by atoms with Gasteiger partial charge in [-0.1, -0.05) is 0 Å². The van der Waals surface area contributed by atoms with Crippen LogP contribution in [0.4, 0.5) is 10.1 Å². The SMILES string of the molecule is COCCNC(=O)CCCN1C(=O)COc2ccc(C(=O)COc3ccc(F)cc3C)cc21. The van der Waals surface area contributed by atoms with Gasteiger partial charge in [-0.15, -0.1) is 0 Å². The van der Waals surface area contributed by atoms with E-state index in [9.17, 15) is 18.8 Å². The maximum Gasteiger partial charge on any atom is 0.265 e. The number of amides is 2. The lowest BCUT2D eigenvalue weighted by molar-refractivity contribution is -0.123. The van der Waals surface area contributed by atoms with Crippen LogP contribution in [0.3, 0.4) is 0 Å². The number of Topliss-reactive ketones (excluding diaryl/α,β-unsaturated/α-hetero) is 1. The first kappa shape index (κ1) is 24.2. The third-order valence-electron chi connectivity index (χ3n) is 5.13. The lowest BCUT2D eigenvalue weighted by atomic mass is 10.1. The molecule has 0 bridgehead atoms. The number of anilines is 1. The minimum atomic E-state index is -0.377. The molecule has 9 heteroatoms. The van der Waals surface area contributed by atoms with E-state index in [0.717, 1.165) is 0 Å². The van der Waals surface area contributed by atoms with Crippen molar-refractivity contribution in [1.82, 2.24) is 5.32 Å². The van der Waals surface area contributed by atoms with Gasteiger partial charge in [-0.05, 0) is 55.3 Å². The predicted molar refractivity (Wildman–Crippen MR) is 119 cm³/mol. The number of fused-ring (bicyclic) bond motifs is 1. The summed E-state index contributed by atoms with van der Waals surface area (Å²) in [6.07, 6.45) is 0.711. The minimum absolute atomic E-state index is 0.104. The Balaban J connectivity index is 1.63. The number of ether oxygens (including phenoxy) is 3. The number of aryl methyl sites for hydroxylation is 1. The van der Waals surface area contributed by atoms with Crippen molar-refractivity contribution in [2.45, 2.75) is 19.8 Å². The minimum Gasteiger partial charge on any atom is -0.485 e. The maximum atomic E-state index is 13.2. The normalized spacial score (nSPS) is 12.7. The molecule has 0 atom stereocenters. The van der Waals surface area contributed by atoms with E-state index in [1.54, 1.807) is 32.2 Å². The summed E-state index contributed by atoms with van der Waals surface area (Å²) in [5.74, 6) is -0.122. The van der Waals surface area contributed by atoms with Crippen molar-refractivity contribution in [2.75, 3.05) is 44.9 Å². The van der Waals surface area contributed by atoms with Crippen LogP contribution in [-0.4, -0.2) is 57.6 Å². The molecule has 3 rings (SSSR count). The van der Waals surface area contributed by atoms with Crippen molar-refractivity contribution < 1.29 is 33.0 Å². The number of rotatable bonds is 11. The van der Waals surface area contributed by atoms with Crippen LogP contribution in [0.1, 0.15) is 28.8 Å². The van der Waals surface area contributed by atoms with Crippen molar-refractivity contribution in [2.24, 2.45) is 0 Å². The van der Waals surface area contributed by atoms with Crippen molar-refractivity contribution in [1.29, 1.82) is 0 Å². The Labute approximate surface area is 191 Å². The Morgan fingerprint density at radius 2 is 2.03 bits per heavy atom. The third-order valence-corrected chi connectivity index (χ3v) is 5.13. The van der Waals surface area contributed by atoms with Crippen LogP contribution >= 0.6 is 0 Å². The molecule has 0 saturated carbocycles. The highest BCUT2D eigenvalue weighted by Gasteiger charge is 2.26. The molecule has 1 N–H and O–H groups in total. The zero-order valence-corrected chi connectivity index (χ0v) is 18.7. The standard InChI is InChI=1S/C24H27FN2O6/c1-16-12-18(25)6-8-21(16)32-14-20(28)17-5-7-22-19(13-17)27(24(30)15-33-22)10-3-4-23(29)26-9-11-31-2/h5-8,12-13H,3-4,9-11,14-15H2,1-2H3,(H,26,29). The highest BCUT2D eigenvalue weighted by atomic mass is 19.1. The average molecular weight is 458 g/mol. The van der Waals surface area contributed by atoms with Gasteiger partial charge in [0.15, 0.2) is 19.0 Å². The number of hydrogen-bond acceptors (Lipinski definition) is 6. The van der Waals surface area contributed by atoms with E-state index >= 15 is 0 Å². The first-order valence-electron chi connectivity index (χ1n) is 10.6. The summed E-state index contributed by atoms with van der Waals surface area (Å²) >= 11 is 0. The Morgan fingerprint density at radius 1 is 1.21 bits per heavy atom. The Kier molecular flexibility index (Phi) is 8.37. The molecule has 8 nitrogen and oxygen atoms in total. The van der Waals surface area contributed by atoms with Crippen LogP contribution in [0.25, 0.3) is 0 Å². The first-order chi connectivity index (χ1) is 15.9. The smallest absolute Gasteiger partial charge is 0.265 e. The maximum absolute atomic E-state index is 13.2. The van der Waals surface area contributed by atoms with Gasteiger partial charge in [0.25, 0.3) is 5.91 Å². The van der Waals surface area contributed by atoms with Crippen LogP contribution in [0, 0.1) is 12.7 Å². The molecule has 0 saturated heterocycles. The van der Waals surface area contributed by atoms with Crippen LogP contribution in [0.2, 0.25) is 0 Å². The summed E-state index contributed by atoms with van der Waals surface area (Å²) in [4.78, 5) is 38.6. The number of ketones is 1. The van der Waals surface area contributed by atoms with E-state index in [1.807, 2.05) is 0 Å². The van der Waals surface area contributed by atoms with Crippen LogP contribution < -0.4 is 19.7 Å². The van der Waals surface area contributed by atoms with Crippen molar-refractivity contribution >= 4 is 23.3 Å². The van der Waals surface area contributed by atoms with Gasteiger partial charge in [0, 0.05) is 32.2 Å². The van der Waals surface area contributed by atoms with E-state index in [-0.39, 0.29) is 43.0 Å². The molecule has 0 unspecified atom stereocenters. The average Bonchev–Trinajstić information content (AvgIpc) is 2.79. The summed E-state index contributed by atoms with van der Waals surface area (Å²) in [5.41, 5.74) is 1.42. The fraction of sp³-hybridized carbons (Fsp3) is 0.375. The van der Waals surface area contributed by atoms with E-state index < -0.39 is 0 Å². The molecule has 0 radical (unpaired) electrons. The lowest BCUT2D eigenvalue weighted by Crippen LogP contribution is -2.40. The highest BCUT2D eigenvalue weighted by Crippen LogP contribution is 2.33. The van der Waals surface area contributed by atoms with Crippen LogP contribution in [-0.2, 0) is 14.3 Å². The van der Waals surface area contributed by atoms with Crippen molar-refractivity contribution in [3.05, 3.63) is 53.3 Å². The van der Waals surface area contributed by atoms with Crippen molar-refractivity contribution in [3.8, 4) is 11.5 Å². The van der Waals surface area contributed by atoms with Gasteiger partial charge < -0.3 is 24.4 Å². The second-order valence-corrected chi connectivity index (χ2v) is 7.58. The van der Waals surface area contributed by atoms with E-state index in [4.69, 9.17) is 14.2 Å². The summed E-state index contributed by atoms with van der Waals surface area (Å²) in [5, 5.41) is 2.74. The zero-order chi connectivity index (χ0) is 23.8.